The number of methoxy groups -OCH3 is 1. The lowest BCUT2D eigenvalue weighted by Gasteiger charge is -2.23. The Morgan fingerprint density at radius 3 is 2.62 bits per heavy atom. The maximum absolute atomic E-state index is 11.8. The summed E-state index contributed by atoms with van der Waals surface area (Å²) >= 11 is 0. The predicted molar refractivity (Wildman–Crippen MR) is 64.1 cm³/mol. The SMILES string of the molecule is CCC(C)(N)C(=O)NCC1(CCOC)CC1. The van der Waals surface area contributed by atoms with Gasteiger partial charge in [0.1, 0.15) is 0 Å². The fraction of sp³-hybridized carbons (Fsp3) is 0.917. The molecule has 16 heavy (non-hydrogen) atoms. The van der Waals surface area contributed by atoms with Crippen LogP contribution in [0.1, 0.15) is 39.5 Å². The molecule has 0 radical (unpaired) electrons. The summed E-state index contributed by atoms with van der Waals surface area (Å²) < 4.78 is 5.08. The van der Waals surface area contributed by atoms with E-state index < -0.39 is 5.54 Å². The first-order chi connectivity index (χ1) is 7.46. The van der Waals surface area contributed by atoms with Crippen LogP contribution >= 0.6 is 0 Å². The Labute approximate surface area is 97.9 Å². The van der Waals surface area contributed by atoms with Crippen LogP contribution in [-0.2, 0) is 9.53 Å². The molecular formula is C12H24N2O2. The first-order valence-corrected chi connectivity index (χ1v) is 6.02. The zero-order valence-corrected chi connectivity index (χ0v) is 10.6. The number of nitrogens with one attached hydrogen (secondary N) is 1. The van der Waals surface area contributed by atoms with Gasteiger partial charge in [0, 0.05) is 20.3 Å². The lowest BCUT2D eigenvalue weighted by molar-refractivity contribution is -0.126. The molecule has 1 aliphatic carbocycles. The molecule has 0 saturated heterocycles. The molecule has 0 heterocycles. The lowest BCUT2D eigenvalue weighted by atomic mass is 9.98. The molecular weight excluding hydrogens is 204 g/mol. The summed E-state index contributed by atoms with van der Waals surface area (Å²) in [7, 11) is 1.71. The Morgan fingerprint density at radius 2 is 2.19 bits per heavy atom. The molecule has 1 fully saturated rings. The smallest absolute Gasteiger partial charge is 0.239 e. The van der Waals surface area contributed by atoms with Crippen LogP contribution in [0.25, 0.3) is 0 Å². The number of carbonyl (C=O) groups is 1. The molecule has 4 nitrogen and oxygen atoms in total. The molecule has 1 rings (SSSR count). The topological polar surface area (TPSA) is 64.4 Å². The molecule has 1 saturated carbocycles. The van der Waals surface area contributed by atoms with E-state index in [9.17, 15) is 4.79 Å². The quantitative estimate of drug-likeness (QED) is 0.684. The Bertz CT molecular complexity index is 247. The highest BCUT2D eigenvalue weighted by molar-refractivity contribution is 5.85. The Morgan fingerprint density at radius 1 is 1.56 bits per heavy atom. The van der Waals surface area contributed by atoms with Crippen molar-refractivity contribution in [2.24, 2.45) is 11.1 Å². The molecule has 0 bridgehead atoms. The minimum Gasteiger partial charge on any atom is -0.385 e. The average molecular weight is 228 g/mol. The number of hydrogen-bond acceptors (Lipinski definition) is 3. The first kappa shape index (κ1) is 13.5. The van der Waals surface area contributed by atoms with Crippen molar-refractivity contribution in [1.29, 1.82) is 0 Å². The van der Waals surface area contributed by atoms with Crippen LogP contribution in [0.2, 0.25) is 0 Å². The summed E-state index contributed by atoms with van der Waals surface area (Å²) in [5.74, 6) is -0.0429. The molecule has 0 aliphatic heterocycles. The van der Waals surface area contributed by atoms with E-state index in [2.05, 4.69) is 5.32 Å². The standard InChI is InChI=1S/C12H24N2O2/c1-4-11(2,13)10(15)14-9-12(5-6-12)7-8-16-3/h4-9,13H2,1-3H3,(H,14,15). The molecule has 3 N–H and O–H groups in total. The summed E-state index contributed by atoms with van der Waals surface area (Å²) in [6.45, 7) is 5.21. The van der Waals surface area contributed by atoms with Gasteiger partial charge < -0.3 is 15.8 Å². The summed E-state index contributed by atoms with van der Waals surface area (Å²) in [5.41, 5.74) is 5.42. The Kier molecular flexibility index (Phi) is 4.33. The summed E-state index contributed by atoms with van der Waals surface area (Å²) in [4.78, 5) is 11.8. The molecule has 4 heteroatoms. The minimum atomic E-state index is -0.739. The van der Waals surface area contributed by atoms with Crippen molar-refractivity contribution in [3.63, 3.8) is 0 Å². The van der Waals surface area contributed by atoms with E-state index in [1.165, 1.54) is 12.8 Å². The second-order valence-electron chi connectivity index (χ2n) is 5.20. The van der Waals surface area contributed by atoms with Crippen LogP contribution in [0.4, 0.5) is 0 Å². The van der Waals surface area contributed by atoms with Gasteiger partial charge in [0.05, 0.1) is 5.54 Å². The molecule has 0 spiro atoms. The summed E-state index contributed by atoms with van der Waals surface area (Å²) in [5, 5.41) is 2.97. The number of nitrogens with two attached hydrogens (primary N) is 1. The monoisotopic (exact) mass is 228 g/mol. The van der Waals surface area contributed by atoms with Gasteiger partial charge in [-0.25, -0.2) is 0 Å². The van der Waals surface area contributed by atoms with Crippen molar-refractivity contribution in [2.45, 2.75) is 45.1 Å². The van der Waals surface area contributed by atoms with E-state index in [-0.39, 0.29) is 11.3 Å². The van der Waals surface area contributed by atoms with E-state index in [0.29, 0.717) is 6.42 Å². The number of carbonyl (C=O) groups excluding carboxylic acids is 1. The zero-order chi connectivity index (χ0) is 12.2. The van der Waals surface area contributed by atoms with Gasteiger partial charge >= 0.3 is 0 Å². The highest BCUT2D eigenvalue weighted by Crippen LogP contribution is 2.48. The third kappa shape index (κ3) is 3.46. The summed E-state index contributed by atoms with van der Waals surface area (Å²) in [6, 6.07) is 0. The lowest BCUT2D eigenvalue weighted by Crippen LogP contribution is -2.52. The van der Waals surface area contributed by atoms with E-state index in [1.54, 1.807) is 14.0 Å². The Hall–Kier alpha value is -0.610. The van der Waals surface area contributed by atoms with Crippen LogP contribution in [0.15, 0.2) is 0 Å². The summed E-state index contributed by atoms with van der Waals surface area (Å²) in [6.07, 6.45) is 4.05. The zero-order valence-electron chi connectivity index (χ0n) is 10.6. The first-order valence-electron chi connectivity index (χ1n) is 6.02. The molecule has 94 valence electrons. The van der Waals surface area contributed by atoms with Crippen molar-refractivity contribution in [2.75, 3.05) is 20.3 Å². The van der Waals surface area contributed by atoms with Crippen molar-refractivity contribution in [1.82, 2.24) is 5.32 Å². The minimum absolute atomic E-state index is 0.0429. The maximum Gasteiger partial charge on any atom is 0.239 e. The molecule has 0 aromatic heterocycles. The van der Waals surface area contributed by atoms with Gasteiger partial charge in [0.15, 0.2) is 0 Å². The number of ether oxygens (including phenoxy) is 1. The van der Waals surface area contributed by atoms with Crippen LogP contribution in [0, 0.1) is 5.41 Å². The molecule has 1 aliphatic rings. The highest BCUT2D eigenvalue weighted by atomic mass is 16.5. The van der Waals surface area contributed by atoms with Crippen molar-refractivity contribution < 1.29 is 9.53 Å². The largest absolute Gasteiger partial charge is 0.385 e. The second kappa shape index (κ2) is 5.15. The molecule has 1 amide bonds. The van der Waals surface area contributed by atoms with Gasteiger partial charge in [-0.3, -0.25) is 4.79 Å². The van der Waals surface area contributed by atoms with Crippen LogP contribution in [0.5, 0.6) is 0 Å². The van der Waals surface area contributed by atoms with Gasteiger partial charge in [-0.05, 0) is 38.0 Å². The van der Waals surface area contributed by atoms with Gasteiger partial charge in [-0.15, -0.1) is 0 Å². The van der Waals surface area contributed by atoms with E-state index >= 15 is 0 Å². The predicted octanol–water partition coefficient (Wildman–Crippen LogP) is 1.05. The highest BCUT2D eigenvalue weighted by Gasteiger charge is 2.42. The fourth-order valence-electron chi connectivity index (χ4n) is 1.64. The van der Waals surface area contributed by atoms with Gasteiger partial charge in [0.2, 0.25) is 5.91 Å². The van der Waals surface area contributed by atoms with Gasteiger partial charge in [0.25, 0.3) is 0 Å². The van der Waals surface area contributed by atoms with Crippen LogP contribution in [-0.4, -0.2) is 31.7 Å². The molecule has 0 aromatic rings. The second-order valence-corrected chi connectivity index (χ2v) is 5.20. The normalized spacial score (nSPS) is 21.2. The van der Waals surface area contributed by atoms with E-state index in [1.807, 2.05) is 6.92 Å². The van der Waals surface area contributed by atoms with Crippen molar-refractivity contribution in [3.8, 4) is 0 Å². The third-order valence-corrected chi connectivity index (χ3v) is 3.67. The van der Waals surface area contributed by atoms with Gasteiger partial charge in [-0.1, -0.05) is 6.92 Å². The molecule has 1 unspecified atom stereocenters. The van der Waals surface area contributed by atoms with Gasteiger partial charge in [-0.2, -0.15) is 0 Å². The van der Waals surface area contributed by atoms with Crippen LogP contribution in [0.3, 0.4) is 0 Å². The number of hydrogen-bond donors (Lipinski definition) is 2. The average Bonchev–Trinajstić information content (AvgIpc) is 3.04. The number of amides is 1. The van der Waals surface area contributed by atoms with Crippen molar-refractivity contribution >= 4 is 5.91 Å². The fourth-order valence-corrected chi connectivity index (χ4v) is 1.64. The molecule has 0 aromatic carbocycles. The maximum atomic E-state index is 11.8. The van der Waals surface area contributed by atoms with E-state index in [4.69, 9.17) is 10.5 Å². The third-order valence-electron chi connectivity index (χ3n) is 3.67. The number of rotatable bonds is 7. The van der Waals surface area contributed by atoms with E-state index in [0.717, 1.165) is 19.6 Å². The van der Waals surface area contributed by atoms with Crippen LogP contribution < -0.4 is 11.1 Å². The molecule has 1 atom stereocenters. The van der Waals surface area contributed by atoms with Crippen molar-refractivity contribution in [3.05, 3.63) is 0 Å². The Balaban J connectivity index is 2.32.